The molecule has 3 rings (SSSR count). The fraction of sp³-hybridized carbons (Fsp3) is 0.136. The standard InChI is InChI=1S/C22H17F3N2O4/c1-31-21(30)15-6-10-17(11-7-15)26-19(28)18-3-2-12-27(20(18)29)13-14-4-8-16(9-5-14)22(23,24)25/h2-12H,13H2,1H3,(H,26,28). The van der Waals surface area contributed by atoms with Crippen LogP contribution in [0.3, 0.4) is 0 Å². The van der Waals surface area contributed by atoms with E-state index in [1.807, 2.05) is 0 Å². The van der Waals surface area contributed by atoms with Crippen LogP contribution >= 0.6 is 0 Å². The van der Waals surface area contributed by atoms with Crippen molar-refractivity contribution < 1.29 is 27.5 Å². The number of carbonyl (C=O) groups excluding carboxylic acids is 2. The molecule has 0 aliphatic carbocycles. The van der Waals surface area contributed by atoms with E-state index in [4.69, 9.17) is 0 Å². The average Bonchev–Trinajstić information content (AvgIpc) is 2.75. The van der Waals surface area contributed by atoms with Crippen LogP contribution in [-0.4, -0.2) is 23.6 Å². The third kappa shape index (κ3) is 5.19. The van der Waals surface area contributed by atoms with Crippen molar-refractivity contribution in [3.8, 4) is 0 Å². The van der Waals surface area contributed by atoms with E-state index in [1.54, 1.807) is 0 Å². The number of halogens is 3. The van der Waals surface area contributed by atoms with Crippen LogP contribution in [0.4, 0.5) is 18.9 Å². The minimum atomic E-state index is -4.44. The molecule has 1 aromatic heterocycles. The zero-order chi connectivity index (χ0) is 22.6. The Labute approximate surface area is 174 Å². The number of ether oxygens (including phenoxy) is 1. The number of anilines is 1. The Morgan fingerprint density at radius 3 is 2.23 bits per heavy atom. The quantitative estimate of drug-likeness (QED) is 0.622. The molecule has 0 radical (unpaired) electrons. The van der Waals surface area contributed by atoms with E-state index in [0.717, 1.165) is 12.1 Å². The minimum absolute atomic E-state index is 0.00587. The Morgan fingerprint density at radius 1 is 1.00 bits per heavy atom. The van der Waals surface area contributed by atoms with Crippen molar-refractivity contribution in [2.45, 2.75) is 12.7 Å². The second-order valence-corrected chi connectivity index (χ2v) is 6.57. The molecule has 0 saturated carbocycles. The molecule has 9 heteroatoms. The van der Waals surface area contributed by atoms with Crippen molar-refractivity contribution in [3.05, 3.63) is 99.5 Å². The highest BCUT2D eigenvalue weighted by Crippen LogP contribution is 2.29. The molecule has 0 unspecified atom stereocenters. The van der Waals surface area contributed by atoms with Crippen molar-refractivity contribution in [1.82, 2.24) is 4.57 Å². The highest BCUT2D eigenvalue weighted by Gasteiger charge is 2.29. The molecule has 3 aromatic rings. The summed E-state index contributed by atoms with van der Waals surface area (Å²) in [6.45, 7) is 0.00587. The van der Waals surface area contributed by atoms with Crippen LogP contribution in [0.25, 0.3) is 0 Å². The second-order valence-electron chi connectivity index (χ2n) is 6.57. The first kappa shape index (κ1) is 21.8. The van der Waals surface area contributed by atoms with Gasteiger partial charge in [0.25, 0.3) is 11.5 Å². The molecule has 1 N–H and O–H groups in total. The zero-order valence-corrected chi connectivity index (χ0v) is 16.3. The fourth-order valence-corrected chi connectivity index (χ4v) is 2.84. The van der Waals surface area contributed by atoms with E-state index in [-0.39, 0.29) is 12.1 Å². The first-order valence-electron chi connectivity index (χ1n) is 9.04. The number of aromatic nitrogens is 1. The summed E-state index contributed by atoms with van der Waals surface area (Å²) in [7, 11) is 1.25. The van der Waals surface area contributed by atoms with Crippen molar-refractivity contribution in [1.29, 1.82) is 0 Å². The fourth-order valence-electron chi connectivity index (χ4n) is 2.84. The summed E-state index contributed by atoms with van der Waals surface area (Å²) in [4.78, 5) is 36.7. The Bertz CT molecular complexity index is 1150. The predicted molar refractivity (Wildman–Crippen MR) is 107 cm³/mol. The van der Waals surface area contributed by atoms with Crippen LogP contribution in [-0.2, 0) is 17.5 Å². The molecular weight excluding hydrogens is 413 g/mol. The van der Waals surface area contributed by atoms with E-state index in [2.05, 4.69) is 10.1 Å². The molecule has 160 valence electrons. The lowest BCUT2D eigenvalue weighted by Crippen LogP contribution is -2.29. The Hall–Kier alpha value is -3.88. The van der Waals surface area contributed by atoms with Crippen LogP contribution in [0.2, 0.25) is 0 Å². The molecule has 1 heterocycles. The van der Waals surface area contributed by atoms with E-state index in [0.29, 0.717) is 16.8 Å². The Kier molecular flexibility index (Phi) is 6.24. The highest BCUT2D eigenvalue weighted by atomic mass is 19.4. The van der Waals surface area contributed by atoms with Crippen LogP contribution in [0.1, 0.15) is 31.8 Å². The number of hydrogen-bond donors (Lipinski definition) is 1. The predicted octanol–water partition coefficient (Wildman–Crippen LogP) is 3.95. The molecule has 0 aliphatic heterocycles. The molecule has 6 nitrogen and oxygen atoms in total. The minimum Gasteiger partial charge on any atom is -0.465 e. The van der Waals surface area contributed by atoms with Gasteiger partial charge >= 0.3 is 12.1 Å². The first-order chi connectivity index (χ1) is 14.7. The zero-order valence-electron chi connectivity index (χ0n) is 16.3. The molecule has 0 saturated heterocycles. The maximum atomic E-state index is 12.7. The van der Waals surface area contributed by atoms with Gasteiger partial charge in [0.2, 0.25) is 0 Å². The number of methoxy groups -OCH3 is 1. The largest absolute Gasteiger partial charge is 0.465 e. The Balaban J connectivity index is 1.76. The van der Waals surface area contributed by atoms with Gasteiger partial charge in [0.1, 0.15) is 5.56 Å². The number of benzene rings is 2. The van der Waals surface area contributed by atoms with Crippen molar-refractivity contribution >= 4 is 17.6 Å². The maximum absolute atomic E-state index is 12.7. The normalized spacial score (nSPS) is 11.1. The molecule has 31 heavy (non-hydrogen) atoms. The summed E-state index contributed by atoms with van der Waals surface area (Å²) in [6, 6.07) is 13.2. The van der Waals surface area contributed by atoms with E-state index < -0.39 is 29.2 Å². The number of pyridine rings is 1. The van der Waals surface area contributed by atoms with Crippen molar-refractivity contribution in [2.75, 3.05) is 12.4 Å². The third-order valence-corrected chi connectivity index (χ3v) is 4.46. The van der Waals surface area contributed by atoms with Crippen LogP contribution in [0, 0.1) is 0 Å². The van der Waals surface area contributed by atoms with Gasteiger partial charge in [-0.3, -0.25) is 9.59 Å². The summed E-state index contributed by atoms with van der Waals surface area (Å²) in [6.07, 6.45) is -3.00. The van der Waals surface area contributed by atoms with Crippen LogP contribution < -0.4 is 10.9 Å². The number of nitrogens with one attached hydrogen (secondary N) is 1. The average molecular weight is 430 g/mol. The summed E-state index contributed by atoms with van der Waals surface area (Å²) in [5.74, 6) is -1.18. The van der Waals surface area contributed by atoms with Gasteiger partial charge in [0.05, 0.1) is 24.8 Å². The number of rotatable bonds is 5. The monoisotopic (exact) mass is 430 g/mol. The third-order valence-electron chi connectivity index (χ3n) is 4.46. The Morgan fingerprint density at radius 2 is 1.65 bits per heavy atom. The van der Waals surface area contributed by atoms with Crippen molar-refractivity contribution in [2.24, 2.45) is 0 Å². The second kappa shape index (κ2) is 8.86. The lowest BCUT2D eigenvalue weighted by Gasteiger charge is -2.11. The number of amides is 1. The topological polar surface area (TPSA) is 77.4 Å². The summed E-state index contributed by atoms with van der Waals surface area (Å²) in [5, 5.41) is 2.57. The lowest BCUT2D eigenvalue weighted by molar-refractivity contribution is -0.137. The summed E-state index contributed by atoms with van der Waals surface area (Å²) >= 11 is 0. The van der Waals surface area contributed by atoms with E-state index >= 15 is 0 Å². The summed E-state index contributed by atoms with van der Waals surface area (Å²) < 4.78 is 43.9. The number of nitrogens with zero attached hydrogens (tertiary/aromatic N) is 1. The SMILES string of the molecule is COC(=O)c1ccc(NC(=O)c2cccn(Cc3ccc(C(F)(F)F)cc3)c2=O)cc1. The van der Waals surface area contributed by atoms with Gasteiger partial charge < -0.3 is 14.6 Å². The van der Waals surface area contributed by atoms with Crippen LogP contribution in [0.5, 0.6) is 0 Å². The molecule has 2 aromatic carbocycles. The molecule has 0 atom stereocenters. The van der Waals surface area contributed by atoms with Gasteiger partial charge in [-0.25, -0.2) is 4.79 Å². The van der Waals surface area contributed by atoms with Gasteiger partial charge in [-0.2, -0.15) is 13.2 Å². The number of esters is 1. The van der Waals surface area contributed by atoms with Gasteiger partial charge in [-0.1, -0.05) is 12.1 Å². The van der Waals surface area contributed by atoms with Gasteiger partial charge in [0.15, 0.2) is 0 Å². The number of hydrogen-bond acceptors (Lipinski definition) is 4. The van der Waals surface area contributed by atoms with Gasteiger partial charge in [0, 0.05) is 11.9 Å². The molecule has 0 bridgehead atoms. The van der Waals surface area contributed by atoms with Gasteiger partial charge in [-0.05, 0) is 54.1 Å². The molecule has 1 amide bonds. The van der Waals surface area contributed by atoms with Crippen molar-refractivity contribution in [3.63, 3.8) is 0 Å². The summed E-state index contributed by atoms with van der Waals surface area (Å²) in [5.41, 5.74) is -0.354. The molecule has 0 aliphatic rings. The molecule has 0 spiro atoms. The maximum Gasteiger partial charge on any atom is 0.416 e. The highest BCUT2D eigenvalue weighted by molar-refractivity contribution is 6.04. The van der Waals surface area contributed by atoms with E-state index in [9.17, 15) is 27.6 Å². The first-order valence-corrected chi connectivity index (χ1v) is 9.04. The molecular formula is C22H17F3N2O4. The lowest BCUT2D eigenvalue weighted by atomic mass is 10.1. The molecule has 0 fully saturated rings. The number of carbonyl (C=O) groups is 2. The smallest absolute Gasteiger partial charge is 0.416 e. The van der Waals surface area contributed by atoms with E-state index in [1.165, 1.54) is 66.4 Å². The van der Waals surface area contributed by atoms with Crippen LogP contribution in [0.15, 0.2) is 71.7 Å². The number of alkyl halides is 3. The van der Waals surface area contributed by atoms with Gasteiger partial charge in [-0.15, -0.1) is 0 Å².